The van der Waals surface area contributed by atoms with Gasteiger partial charge in [-0.15, -0.1) is 0 Å². The minimum absolute atomic E-state index is 0.374. The van der Waals surface area contributed by atoms with Gasteiger partial charge < -0.3 is 21.1 Å². The van der Waals surface area contributed by atoms with Crippen molar-refractivity contribution in [1.29, 1.82) is 0 Å². The van der Waals surface area contributed by atoms with Crippen molar-refractivity contribution in [3.05, 3.63) is 0 Å². The summed E-state index contributed by atoms with van der Waals surface area (Å²) in [6.07, 6.45) is 12.8. The van der Waals surface area contributed by atoms with Crippen molar-refractivity contribution in [1.82, 2.24) is 0 Å². The molecule has 150 valence electrons. The monoisotopic (exact) mass is 370 g/mol. The second-order valence-corrected chi connectivity index (χ2v) is 6.37. The lowest BCUT2D eigenvalue weighted by molar-refractivity contribution is -0.141. The van der Waals surface area contributed by atoms with Crippen LogP contribution in [0.1, 0.15) is 90.9 Å². The van der Waals surface area contributed by atoms with Crippen LogP contribution >= 0.6 is 0 Å². The number of nitrogens with two attached hydrogens (primary N) is 2. The van der Waals surface area contributed by atoms with Crippen molar-refractivity contribution >= 4 is 23.6 Å². The summed E-state index contributed by atoms with van der Waals surface area (Å²) in [5.41, 5.74) is 11.3. The molecule has 0 aromatic heterocycles. The van der Waals surface area contributed by atoms with E-state index in [2.05, 4.69) is 20.0 Å². The quantitative estimate of drug-likeness (QED) is 0.149. The Kier molecular flexibility index (Phi) is 15.0. The minimum atomic E-state index is -0.452. The highest BCUT2D eigenvalue weighted by Gasteiger charge is 1.99. The largest absolute Gasteiger partial charge is 0.384 e. The van der Waals surface area contributed by atoms with E-state index in [1.165, 1.54) is 52.4 Å². The van der Waals surface area contributed by atoms with Crippen LogP contribution in [-0.2, 0) is 19.3 Å². The summed E-state index contributed by atoms with van der Waals surface area (Å²) < 4.78 is 0. The van der Waals surface area contributed by atoms with E-state index in [0.29, 0.717) is 24.5 Å². The summed E-state index contributed by atoms with van der Waals surface area (Å²) in [6, 6.07) is 0. The molecule has 0 unspecified atom stereocenters. The normalized spacial score (nSPS) is 12.1. The number of unbranched alkanes of at least 4 members (excludes halogenated alkanes) is 9. The fourth-order valence-electron chi connectivity index (χ4n) is 2.36. The molecular formula is C18H34N4O4. The lowest BCUT2D eigenvalue weighted by atomic mass is 10.0. The summed E-state index contributed by atoms with van der Waals surface area (Å²) in [5.74, 6) is -0.157. The highest BCUT2D eigenvalue weighted by Crippen LogP contribution is 2.12. The Morgan fingerprint density at radius 2 is 0.885 bits per heavy atom. The van der Waals surface area contributed by atoms with Gasteiger partial charge in [-0.1, -0.05) is 61.7 Å². The summed E-state index contributed by atoms with van der Waals surface area (Å²) in [7, 11) is 0. The van der Waals surface area contributed by atoms with Gasteiger partial charge in [0.1, 0.15) is 11.7 Å². The number of carbonyl (C=O) groups excluding carboxylic acids is 2. The number of oxime groups is 2. The first kappa shape index (κ1) is 23.9. The van der Waals surface area contributed by atoms with Gasteiger partial charge in [0.25, 0.3) is 0 Å². The van der Waals surface area contributed by atoms with E-state index in [0.717, 1.165) is 25.7 Å². The van der Waals surface area contributed by atoms with Crippen LogP contribution in [0.5, 0.6) is 0 Å². The van der Waals surface area contributed by atoms with E-state index >= 15 is 0 Å². The molecule has 0 atom stereocenters. The number of rotatable bonds is 15. The van der Waals surface area contributed by atoms with E-state index in [1.807, 2.05) is 0 Å². The molecule has 0 aliphatic heterocycles. The number of hydrogen-bond donors (Lipinski definition) is 2. The Bertz CT molecular complexity index is 422. The molecule has 0 fully saturated rings. The van der Waals surface area contributed by atoms with Gasteiger partial charge in [0.2, 0.25) is 0 Å². The van der Waals surface area contributed by atoms with Gasteiger partial charge in [-0.25, -0.2) is 9.59 Å². The van der Waals surface area contributed by atoms with Crippen LogP contribution in [0.15, 0.2) is 10.3 Å². The number of amidine groups is 2. The number of nitrogens with zero attached hydrogens (tertiary/aromatic N) is 2. The second-order valence-electron chi connectivity index (χ2n) is 6.37. The first-order valence-corrected chi connectivity index (χ1v) is 9.41. The van der Waals surface area contributed by atoms with Crippen LogP contribution in [0.25, 0.3) is 0 Å². The third kappa shape index (κ3) is 18.2. The Morgan fingerprint density at radius 3 is 1.15 bits per heavy atom. The van der Waals surface area contributed by atoms with E-state index in [-0.39, 0.29) is 0 Å². The summed E-state index contributed by atoms with van der Waals surface area (Å²) >= 11 is 0. The fourth-order valence-corrected chi connectivity index (χ4v) is 2.36. The molecule has 0 bridgehead atoms. The SMILES string of the molecule is CC(=O)ON=C(N)CCCCCCCCCCCC/C(N)=N\OC(C)=O. The predicted octanol–water partition coefficient (Wildman–Crippen LogP) is 3.34. The second kappa shape index (κ2) is 16.4. The van der Waals surface area contributed by atoms with Crippen molar-refractivity contribution in [2.45, 2.75) is 90.9 Å². The predicted molar refractivity (Wildman–Crippen MR) is 102 cm³/mol. The van der Waals surface area contributed by atoms with Gasteiger partial charge in [-0.2, -0.15) is 0 Å². The zero-order chi connectivity index (χ0) is 19.6. The molecule has 0 heterocycles. The van der Waals surface area contributed by atoms with Gasteiger partial charge >= 0.3 is 11.9 Å². The standard InChI is InChI=1S/C18H34N4O4/c1-15(23)25-21-17(19)13-11-9-7-5-3-4-6-8-10-12-14-18(20)22-26-16(2)24/h3-14H2,1-2H3,(H2,19,21)(H2,20,22). The molecule has 0 saturated carbocycles. The molecule has 0 rings (SSSR count). The summed E-state index contributed by atoms with van der Waals surface area (Å²) in [5, 5.41) is 7.09. The first-order chi connectivity index (χ1) is 12.4. The van der Waals surface area contributed by atoms with Gasteiger partial charge in [0, 0.05) is 26.7 Å². The maximum absolute atomic E-state index is 10.6. The molecule has 0 saturated heterocycles. The van der Waals surface area contributed by atoms with Crippen molar-refractivity contribution in [3.63, 3.8) is 0 Å². The van der Waals surface area contributed by atoms with Crippen LogP contribution in [0.3, 0.4) is 0 Å². The molecular weight excluding hydrogens is 336 g/mol. The molecule has 0 aliphatic carbocycles. The van der Waals surface area contributed by atoms with E-state index in [1.54, 1.807) is 0 Å². The molecule has 8 nitrogen and oxygen atoms in total. The molecule has 0 aliphatic rings. The maximum Gasteiger partial charge on any atom is 0.332 e. The van der Waals surface area contributed by atoms with Crippen molar-refractivity contribution in [2.75, 3.05) is 0 Å². The molecule has 0 aromatic rings. The van der Waals surface area contributed by atoms with Gasteiger partial charge in [-0.3, -0.25) is 0 Å². The lowest BCUT2D eigenvalue weighted by Crippen LogP contribution is -2.12. The van der Waals surface area contributed by atoms with Crippen molar-refractivity contribution < 1.29 is 19.3 Å². The third-order valence-corrected chi connectivity index (χ3v) is 3.70. The van der Waals surface area contributed by atoms with E-state index in [4.69, 9.17) is 11.5 Å². The Balaban J connectivity index is 3.34. The van der Waals surface area contributed by atoms with Crippen LogP contribution in [0, 0.1) is 0 Å². The third-order valence-electron chi connectivity index (χ3n) is 3.70. The zero-order valence-corrected chi connectivity index (χ0v) is 16.2. The lowest BCUT2D eigenvalue weighted by Gasteiger charge is -2.03. The van der Waals surface area contributed by atoms with Crippen LogP contribution in [-0.4, -0.2) is 23.6 Å². The van der Waals surface area contributed by atoms with Gasteiger partial charge in [0.15, 0.2) is 0 Å². The average Bonchev–Trinajstić information content (AvgIpc) is 2.59. The maximum atomic E-state index is 10.6. The average molecular weight is 370 g/mol. The summed E-state index contributed by atoms with van der Waals surface area (Å²) in [6.45, 7) is 2.60. The smallest absolute Gasteiger partial charge is 0.332 e. The Labute approximate surface area is 156 Å². The molecule has 26 heavy (non-hydrogen) atoms. The molecule has 4 N–H and O–H groups in total. The summed E-state index contributed by atoms with van der Waals surface area (Å²) in [4.78, 5) is 30.1. The minimum Gasteiger partial charge on any atom is -0.384 e. The van der Waals surface area contributed by atoms with Crippen LogP contribution in [0.2, 0.25) is 0 Å². The zero-order valence-electron chi connectivity index (χ0n) is 16.2. The first-order valence-electron chi connectivity index (χ1n) is 9.41. The molecule has 0 amide bonds. The number of carbonyl (C=O) groups is 2. The van der Waals surface area contributed by atoms with E-state index < -0.39 is 11.9 Å². The molecule has 8 heteroatoms. The highest BCUT2D eigenvalue weighted by atomic mass is 16.7. The van der Waals surface area contributed by atoms with Crippen LogP contribution in [0.4, 0.5) is 0 Å². The topological polar surface area (TPSA) is 129 Å². The van der Waals surface area contributed by atoms with Crippen molar-refractivity contribution in [2.24, 2.45) is 21.8 Å². The number of hydrogen-bond acceptors (Lipinski definition) is 6. The van der Waals surface area contributed by atoms with E-state index in [9.17, 15) is 9.59 Å². The molecule has 0 spiro atoms. The Hall–Kier alpha value is -2.12. The van der Waals surface area contributed by atoms with Gasteiger partial charge in [-0.05, 0) is 12.8 Å². The highest BCUT2D eigenvalue weighted by molar-refractivity contribution is 5.81. The fraction of sp³-hybridized carbons (Fsp3) is 0.778. The van der Waals surface area contributed by atoms with Crippen molar-refractivity contribution in [3.8, 4) is 0 Å². The molecule has 0 aromatic carbocycles. The Morgan fingerprint density at radius 1 is 0.615 bits per heavy atom. The van der Waals surface area contributed by atoms with Gasteiger partial charge in [0.05, 0.1) is 0 Å². The molecule has 0 radical (unpaired) electrons. The van der Waals surface area contributed by atoms with Crippen LogP contribution < -0.4 is 11.5 Å².